The number of rotatable bonds is 19. The number of aromatic hydroxyl groups is 1. The molecule has 2 aromatic rings. The molecule has 10 N–H and O–H groups in total. The summed E-state index contributed by atoms with van der Waals surface area (Å²) in [6.45, 7) is 7.25. The number of nitrogens with two attached hydrogens (primary N) is 2. The maximum absolute atomic E-state index is 13.8. The van der Waals surface area contributed by atoms with Crippen molar-refractivity contribution >= 4 is 35.5 Å². The third-order valence-corrected chi connectivity index (χ3v) is 7.53. The van der Waals surface area contributed by atoms with Gasteiger partial charge in [-0.15, -0.1) is 0 Å². The first-order valence-electron chi connectivity index (χ1n) is 15.9. The van der Waals surface area contributed by atoms with Gasteiger partial charge in [0, 0.05) is 19.3 Å². The van der Waals surface area contributed by atoms with E-state index in [2.05, 4.69) is 21.3 Å². The van der Waals surface area contributed by atoms with Crippen molar-refractivity contribution in [3.8, 4) is 5.75 Å². The zero-order valence-electron chi connectivity index (χ0n) is 27.8. The van der Waals surface area contributed by atoms with E-state index in [-0.39, 0.29) is 37.4 Å². The van der Waals surface area contributed by atoms with Gasteiger partial charge >= 0.3 is 5.97 Å². The molecular weight excluding hydrogens is 620 g/mol. The van der Waals surface area contributed by atoms with Crippen LogP contribution < -0.4 is 32.7 Å². The number of phenols is 1. The number of hydrogen-bond acceptors (Lipinski definition) is 8. The van der Waals surface area contributed by atoms with Crippen molar-refractivity contribution in [2.75, 3.05) is 0 Å². The average molecular weight is 669 g/mol. The van der Waals surface area contributed by atoms with Crippen LogP contribution in [0.2, 0.25) is 0 Å². The minimum absolute atomic E-state index is 0.0178. The number of hydrogen-bond donors (Lipinski definition) is 8. The monoisotopic (exact) mass is 668 g/mol. The normalized spacial score (nSPS) is 14.2. The van der Waals surface area contributed by atoms with Crippen molar-refractivity contribution in [2.45, 2.75) is 90.0 Å². The molecule has 5 amide bonds. The number of carboxylic acids is 1. The molecule has 0 saturated heterocycles. The van der Waals surface area contributed by atoms with Crippen LogP contribution in [0.25, 0.3) is 0 Å². The lowest BCUT2D eigenvalue weighted by Gasteiger charge is -2.28. The molecule has 0 aromatic heterocycles. The van der Waals surface area contributed by atoms with Crippen LogP contribution >= 0.6 is 0 Å². The Bertz CT molecular complexity index is 1400. The van der Waals surface area contributed by atoms with Crippen molar-refractivity contribution in [1.82, 2.24) is 21.3 Å². The van der Waals surface area contributed by atoms with Crippen LogP contribution in [0.1, 0.15) is 58.1 Å². The van der Waals surface area contributed by atoms with Gasteiger partial charge in [0.25, 0.3) is 0 Å². The Morgan fingerprint density at radius 2 is 1.21 bits per heavy atom. The van der Waals surface area contributed by atoms with Gasteiger partial charge < -0.3 is 42.9 Å². The van der Waals surface area contributed by atoms with E-state index in [1.165, 1.54) is 12.1 Å². The van der Waals surface area contributed by atoms with Gasteiger partial charge in [-0.3, -0.25) is 24.0 Å². The van der Waals surface area contributed by atoms with Gasteiger partial charge in [0.05, 0.1) is 6.04 Å². The molecule has 0 bridgehead atoms. The number of phenolic OH excluding ortho intramolecular Hbond substituents is 1. The molecule has 0 radical (unpaired) electrons. The average Bonchev–Trinajstić information content (AvgIpc) is 3.01. The molecule has 0 aliphatic rings. The molecule has 0 heterocycles. The van der Waals surface area contributed by atoms with E-state index >= 15 is 0 Å². The summed E-state index contributed by atoms with van der Waals surface area (Å²) in [6, 6.07) is 8.58. The van der Waals surface area contributed by atoms with Gasteiger partial charge in [0.2, 0.25) is 29.5 Å². The van der Waals surface area contributed by atoms with Crippen molar-refractivity contribution in [3.63, 3.8) is 0 Å². The van der Waals surface area contributed by atoms with Crippen molar-refractivity contribution in [2.24, 2.45) is 23.3 Å². The number of carbonyl (C=O) groups excluding carboxylic acids is 5. The van der Waals surface area contributed by atoms with E-state index in [4.69, 9.17) is 11.5 Å². The smallest absolute Gasteiger partial charge is 0.326 e. The molecule has 0 unspecified atom stereocenters. The van der Waals surface area contributed by atoms with Gasteiger partial charge in [0.15, 0.2) is 0 Å². The number of carbonyl (C=O) groups is 6. The minimum Gasteiger partial charge on any atom is -0.508 e. The highest BCUT2D eigenvalue weighted by atomic mass is 16.4. The van der Waals surface area contributed by atoms with E-state index in [0.717, 1.165) is 0 Å². The highest BCUT2D eigenvalue weighted by molar-refractivity contribution is 5.96. The summed E-state index contributed by atoms with van der Waals surface area (Å²) in [5.41, 5.74) is 12.5. The first kappa shape index (κ1) is 39.2. The number of benzene rings is 2. The van der Waals surface area contributed by atoms with E-state index < -0.39 is 71.6 Å². The molecule has 5 atom stereocenters. The minimum atomic E-state index is -1.39. The largest absolute Gasteiger partial charge is 0.508 e. The van der Waals surface area contributed by atoms with Crippen LogP contribution in [0, 0.1) is 11.8 Å². The molecule has 14 heteroatoms. The predicted octanol–water partition coefficient (Wildman–Crippen LogP) is 0.496. The maximum Gasteiger partial charge on any atom is 0.326 e. The Morgan fingerprint density at radius 3 is 1.75 bits per heavy atom. The number of aliphatic carboxylic acids is 1. The number of nitrogens with one attached hydrogen (secondary N) is 4. The molecule has 0 saturated carbocycles. The fraction of sp³-hybridized carbons (Fsp3) is 0.471. The van der Waals surface area contributed by atoms with Gasteiger partial charge in [0.1, 0.15) is 29.9 Å². The number of primary amides is 1. The fourth-order valence-electron chi connectivity index (χ4n) is 4.90. The second kappa shape index (κ2) is 19.0. The maximum atomic E-state index is 13.8. The van der Waals surface area contributed by atoms with E-state index in [9.17, 15) is 39.0 Å². The molecule has 0 aliphatic carbocycles. The SMILES string of the molecule is CC(C)C[C@H](N)C(=O)N[C@H](C(=O)N[C@@H](Cc1ccc(O)cc1)C(=O)N[C@@H](CCC(N)=O)C(=O)N[C@@H](Cc1ccccc1)C(=O)O)C(C)C. The van der Waals surface area contributed by atoms with E-state index in [1.54, 1.807) is 56.3 Å². The predicted molar refractivity (Wildman–Crippen MR) is 178 cm³/mol. The van der Waals surface area contributed by atoms with Gasteiger partial charge in [-0.05, 0) is 47.9 Å². The highest BCUT2D eigenvalue weighted by Crippen LogP contribution is 2.13. The summed E-state index contributed by atoms with van der Waals surface area (Å²) in [7, 11) is 0. The van der Waals surface area contributed by atoms with Crippen LogP contribution in [-0.4, -0.2) is 75.9 Å². The van der Waals surface area contributed by atoms with Gasteiger partial charge in [-0.2, -0.15) is 0 Å². The Balaban J connectivity index is 2.33. The van der Waals surface area contributed by atoms with E-state index in [1.807, 2.05) is 13.8 Å². The quantitative estimate of drug-likeness (QED) is 0.104. The van der Waals surface area contributed by atoms with Crippen molar-refractivity contribution in [1.29, 1.82) is 0 Å². The Labute approximate surface area is 280 Å². The fourth-order valence-corrected chi connectivity index (χ4v) is 4.90. The summed E-state index contributed by atoms with van der Waals surface area (Å²) in [5, 5.41) is 29.8. The standard InChI is InChI=1S/C34H48N6O8/c1-19(2)16-24(35)30(43)40-29(20(3)4)33(46)38-26(17-22-10-12-23(41)13-11-22)32(45)37-25(14-15-28(36)42)31(44)39-27(34(47)48)18-21-8-6-5-7-9-21/h5-13,19-20,24-27,29,41H,14-18,35H2,1-4H3,(H2,36,42)(H,37,45)(H,38,46)(H,39,44)(H,40,43)(H,47,48)/t24-,25-,26-,27-,29-/m0/s1. The third kappa shape index (κ3) is 13.4. The lowest BCUT2D eigenvalue weighted by molar-refractivity contribution is -0.142. The molecule has 48 heavy (non-hydrogen) atoms. The number of amides is 5. The van der Waals surface area contributed by atoms with Crippen molar-refractivity contribution in [3.05, 3.63) is 65.7 Å². The summed E-state index contributed by atoms with van der Waals surface area (Å²) >= 11 is 0. The second-order valence-corrected chi connectivity index (χ2v) is 12.6. The van der Waals surface area contributed by atoms with Gasteiger partial charge in [-0.1, -0.05) is 70.2 Å². The lowest BCUT2D eigenvalue weighted by Crippen LogP contribution is -2.60. The zero-order chi connectivity index (χ0) is 36.0. The third-order valence-electron chi connectivity index (χ3n) is 7.53. The first-order valence-corrected chi connectivity index (χ1v) is 15.9. The summed E-state index contributed by atoms with van der Waals surface area (Å²) in [5.74, 6) is -5.22. The molecule has 0 fully saturated rings. The summed E-state index contributed by atoms with van der Waals surface area (Å²) in [4.78, 5) is 77.2. The Kier molecular flexibility index (Phi) is 15.5. The zero-order valence-corrected chi connectivity index (χ0v) is 27.8. The second-order valence-electron chi connectivity index (χ2n) is 12.6. The molecule has 0 aliphatic heterocycles. The van der Waals surface area contributed by atoms with Crippen LogP contribution in [-0.2, 0) is 41.6 Å². The van der Waals surface area contributed by atoms with Crippen LogP contribution in [0.3, 0.4) is 0 Å². The lowest BCUT2D eigenvalue weighted by atomic mass is 9.99. The molecule has 2 aromatic carbocycles. The molecule has 14 nitrogen and oxygen atoms in total. The Hall–Kier alpha value is -4.98. The number of carboxylic acid groups (broad SMARTS) is 1. The van der Waals surface area contributed by atoms with Gasteiger partial charge in [-0.25, -0.2) is 4.79 Å². The van der Waals surface area contributed by atoms with E-state index in [0.29, 0.717) is 17.5 Å². The molecular formula is C34H48N6O8. The van der Waals surface area contributed by atoms with Crippen LogP contribution in [0.15, 0.2) is 54.6 Å². The molecule has 2 rings (SSSR count). The summed E-state index contributed by atoms with van der Waals surface area (Å²) in [6.07, 6.45) is -0.280. The van der Waals surface area contributed by atoms with Crippen molar-refractivity contribution < 1.29 is 39.0 Å². The topological polar surface area (TPSA) is 243 Å². The van der Waals surface area contributed by atoms with Crippen LogP contribution in [0.4, 0.5) is 0 Å². The highest BCUT2D eigenvalue weighted by Gasteiger charge is 2.33. The molecule has 0 spiro atoms. The Morgan fingerprint density at radius 1 is 0.688 bits per heavy atom. The molecule has 262 valence electrons. The first-order chi connectivity index (χ1) is 22.6. The summed E-state index contributed by atoms with van der Waals surface area (Å²) < 4.78 is 0. The van der Waals surface area contributed by atoms with Crippen LogP contribution in [0.5, 0.6) is 5.75 Å².